The van der Waals surface area contributed by atoms with Crippen LogP contribution in [0.2, 0.25) is 0 Å². The highest BCUT2D eigenvalue weighted by Crippen LogP contribution is 2.42. The van der Waals surface area contributed by atoms with Crippen molar-refractivity contribution in [3.8, 4) is 11.5 Å². The molecule has 180 valence electrons. The number of benzene rings is 1. The Balaban J connectivity index is 1.16. The fraction of sp³-hybridized carbons (Fsp3) is 0.346. The zero-order valence-corrected chi connectivity index (χ0v) is 19.0. The Morgan fingerprint density at radius 3 is 2.66 bits per heavy atom. The Labute approximate surface area is 200 Å². The topological polar surface area (TPSA) is 82.9 Å². The lowest BCUT2D eigenvalue weighted by Crippen LogP contribution is -2.37. The standard InChI is InChI=1S/C26H24FN3O5/c27-18-13-21-20(28-15-18)2-4-24(31)29(21)10-7-17-5-8-26(9-6-17)16-30(25(32)35-26)19-1-3-22-23(14-19)34-12-11-33-22/h1-4,7,13-15H,5-6,8-12,16H2. The highest BCUT2D eigenvalue weighted by Gasteiger charge is 2.47. The molecule has 0 atom stereocenters. The summed E-state index contributed by atoms with van der Waals surface area (Å²) in [7, 11) is 0. The number of aromatic nitrogens is 2. The summed E-state index contributed by atoms with van der Waals surface area (Å²) in [5, 5.41) is 0. The predicted octanol–water partition coefficient (Wildman–Crippen LogP) is 4.20. The molecule has 0 unspecified atom stereocenters. The molecule has 8 nitrogen and oxygen atoms in total. The van der Waals surface area contributed by atoms with Gasteiger partial charge in [-0.2, -0.15) is 0 Å². The number of hydrogen-bond acceptors (Lipinski definition) is 6. The summed E-state index contributed by atoms with van der Waals surface area (Å²) >= 11 is 0. The van der Waals surface area contributed by atoms with Gasteiger partial charge in [-0.1, -0.05) is 11.6 Å². The molecule has 1 saturated heterocycles. The number of hydrogen-bond donors (Lipinski definition) is 0. The number of halogens is 1. The number of fused-ring (bicyclic) bond motifs is 2. The van der Waals surface area contributed by atoms with Gasteiger partial charge in [-0.15, -0.1) is 0 Å². The van der Waals surface area contributed by atoms with Crippen LogP contribution >= 0.6 is 0 Å². The smallest absolute Gasteiger partial charge is 0.415 e. The first-order valence-corrected chi connectivity index (χ1v) is 11.7. The van der Waals surface area contributed by atoms with E-state index in [0.29, 0.717) is 61.7 Å². The van der Waals surface area contributed by atoms with Crippen LogP contribution in [0.3, 0.4) is 0 Å². The minimum Gasteiger partial charge on any atom is -0.486 e. The first-order valence-electron chi connectivity index (χ1n) is 11.7. The van der Waals surface area contributed by atoms with Gasteiger partial charge >= 0.3 is 6.09 Å². The Kier molecular flexibility index (Phi) is 5.20. The van der Waals surface area contributed by atoms with Crippen molar-refractivity contribution in [1.29, 1.82) is 0 Å². The second-order valence-electron chi connectivity index (χ2n) is 9.17. The average molecular weight is 477 g/mol. The SMILES string of the molecule is O=C1OC2(CCC(=CCn3c(=O)ccc4ncc(F)cc43)CC2)CN1c1ccc2c(c1)OCCO2. The van der Waals surface area contributed by atoms with Gasteiger partial charge in [-0.3, -0.25) is 14.7 Å². The molecule has 1 aromatic carbocycles. The third-order valence-corrected chi connectivity index (χ3v) is 6.98. The average Bonchev–Trinajstić information content (AvgIpc) is 3.19. The fourth-order valence-corrected chi connectivity index (χ4v) is 5.06. The van der Waals surface area contributed by atoms with Gasteiger partial charge in [0.15, 0.2) is 11.5 Å². The number of anilines is 1. The molecule has 2 fully saturated rings. The Morgan fingerprint density at radius 1 is 1.03 bits per heavy atom. The van der Waals surface area contributed by atoms with Crippen LogP contribution in [0, 0.1) is 5.82 Å². The molecule has 0 radical (unpaired) electrons. The fourth-order valence-electron chi connectivity index (χ4n) is 5.06. The second-order valence-corrected chi connectivity index (χ2v) is 9.17. The van der Waals surface area contributed by atoms with E-state index in [1.54, 1.807) is 11.0 Å². The molecule has 0 bridgehead atoms. The quantitative estimate of drug-likeness (QED) is 0.526. The van der Waals surface area contributed by atoms with Crippen LogP contribution in [0.15, 0.2) is 59.0 Å². The van der Waals surface area contributed by atoms with Gasteiger partial charge in [0.1, 0.15) is 24.6 Å². The summed E-state index contributed by atoms with van der Waals surface area (Å²) in [6.07, 6.45) is 5.73. The van der Waals surface area contributed by atoms with Crippen molar-refractivity contribution in [3.05, 3.63) is 70.4 Å². The van der Waals surface area contributed by atoms with Crippen LogP contribution in [0.1, 0.15) is 25.7 Å². The van der Waals surface area contributed by atoms with Crippen molar-refractivity contribution >= 4 is 22.8 Å². The number of amides is 1. The van der Waals surface area contributed by atoms with Gasteiger partial charge in [-0.05, 0) is 43.9 Å². The van der Waals surface area contributed by atoms with Gasteiger partial charge in [-0.25, -0.2) is 9.18 Å². The molecule has 3 aromatic rings. The number of ether oxygens (including phenoxy) is 3. The summed E-state index contributed by atoms with van der Waals surface area (Å²) in [5.41, 5.74) is 2.23. The molecule has 1 saturated carbocycles. The van der Waals surface area contributed by atoms with E-state index in [4.69, 9.17) is 14.2 Å². The summed E-state index contributed by atoms with van der Waals surface area (Å²) < 4.78 is 32.4. The monoisotopic (exact) mass is 477 g/mol. The van der Waals surface area contributed by atoms with Crippen molar-refractivity contribution in [2.45, 2.75) is 37.8 Å². The molecule has 2 aromatic heterocycles. The van der Waals surface area contributed by atoms with E-state index in [0.717, 1.165) is 24.7 Å². The number of pyridine rings is 2. The molecular weight excluding hydrogens is 453 g/mol. The Hall–Kier alpha value is -3.88. The molecule has 1 amide bonds. The van der Waals surface area contributed by atoms with E-state index >= 15 is 0 Å². The maximum absolute atomic E-state index is 13.7. The van der Waals surface area contributed by atoms with Gasteiger partial charge in [0.05, 0.1) is 29.5 Å². The van der Waals surface area contributed by atoms with Gasteiger partial charge < -0.3 is 18.8 Å². The van der Waals surface area contributed by atoms with E-state index < -0.39 is 11.4 Å². The zero-order chi connectivity index (χ0) is 24.0. The number of carbonyl (C=O) groups excluding carboxylic acids is 1. The molecular formula is C26H24FN3O5. The summed E-state index contributed by atoms with van der Waals surface area (Å²) in [4.78, 5) is 30.9. The third kappa shape index (κ3) is 4.00. The summed E-state index contributed by atoms with van der Waals surface area (Å²) in [6, 6.07) is 9.88. The molecule has 6 rings (SSSR count). The van der Waals surface area contributed by atoms with Crippen molar-refractivity contribution in [2.24, 2.45) is 0 Å². The van der Waals surface area contributed by atoms with Crippen molar-refractivity contribution in [1.82, 2.24) is 9.55 Å². The molecule has 9 heteroatoms. The number of allylic oxidation sites excluding steroid dienone is 2. The van der Waals surface area contributed by atoms with Crippen LogP contribution in [-0.2, 0) is 11.3 Å². The lowest BCUT2D eigenvalue weighted by molar-refractivity contribution is 0.0346. The van der Waals surface area contributed by atoms with Crippen LogP contribution < -0.4 is 19.9 Å². The first kappa shape index (κ1) is 21.6. The molecule has 35 heavy (non-hydrogen) atoms. The molecule has 1 spiro atoms. The maximum atomic E-state index is 13.7. The van der Waals surface area contributed by atoms with E-state index in [9.17, 15) is 14.0 Å². The molecule has 1 aliphatic carbocycles. The normalized spacial score (nSPS) is 21.5. The molecule has 3 aliphatic rings. The summed E-state index contributed by atoms with van der Waals surface area (Å²) in [6.45, 7) is 1.81. The molecule has 4 heterocycles. The predicted molar refractivity (Wildman–Crippen MR) is 127 cm³/mol. The second kappa shape index (κ2) is 8.41. The van der Waals surface area contributed by atoms with Crippen molar-refractivity contribution < 1.29 is 23.4 Å². The number of nitrogens with zero attached hydrogens (tertiary/aromatic N) is 3. The summed E-state index contributed by atoms with van der Waals surface area (Å²) in [5.74, 6) is 0.836. The third-order valence-electron chi connectivity index (χ3n) is 6.98. The van der Waals surface area contributed by atoms with Crippen LogP contribution in [-0.4, -0.2) is 41.0 Å². The molecule has 0 N–H and O–H groups in total. The highest BCUT2D eigenvalue weighted by molar-refractivity contribution is 5.90. The lowest BCUT2D eigenvalue weighted by Gasteiger charge is -2.32. The van der Waals surface area contributed by atoms with Gasteiger partial charge in [0.2, 0.25) is 0 Å². The maximum Gasteiger partial charge on any atom is 0.415 e. The molecule has 2 aliphatic heterocycles. The van der Waals surface area contributed by atoms with E-state index in [2.05, 4.69) is 4.98 Å². The first-order chi connectivity index (χ1) is 17.0. The minimum atomic E-state index is -0.537. The van der Waals surface area contributed by atoms with Crippen molar-refractivity contribution in [3.63, 3.8) is 0 Å². The van der Waals surface area contributed by atoms with Gasteiger partial charge in [0.25, 0.3) is 5.56 Å². The number of rotatable bonds is 3. The van der Waals surface area contributed by atoms with Gasteiger partial charge in [0, 0.05) is 24.7 Å². The number of carbonyl (C=O) groups is 1. The van der Waals surface area contributed by atoms with Crippen LogP contribution in [0.5, 0.6) is 11.5 Å². The van der Waals surface area contributed by atoms with Crippen molar-refractivity contribution in [2.75, 3.05) is 24.7 Å². The van der Waals surface area contributed by atoms with E-state index in [1.165, 1.54) is 22.3 Å². The minimum absolute atomic E-state index is 0.200. The van der Waals surface area contributed by atoms with E-state index in [-0.39, 0.29) is 11.7 Å². The van der Waals surface area contributed by atoms with Crippen LogP contribution in [0.25, 0.3) is 11.0 Å². The highest BCUT2D eigenvalue weighted by atomic mass is 19.1. The largest absolute Gasteiger partial charge is 0.486 e. The van der Waals surface area contributed by atoms with Crippen LogP contribution in [0.4, 0.5) is 14.9 Å². The lowest BCUT2D eigenvalue weighted by atomic mass is 9.82. The van der Waals surface area contributed by atoms with E-state index in [1.807, 2.05) is 24.3 Å². The Morgan fingerprint density at radius 2 is 1.83 bits per heavy atom. The Bertz CT molecular complexity index is 1410. The zero-order valence-electron chi connectivity index (χ0n) is 19.0.